The molecule has 2 aliphatic rings. The molecular formula is C16H32N2. The second kappa shape index (κ2) is 6.91. The second-order valence-corrected chi connectivity index (χ2v) is 6.64. The molecule has 2 rings (SSSR count). The number of nitrogens with one attached hydrogen (secondary N) is 1. The van der Waals surface area contributed by atoms with E-state index in [1.165, 1.54) is 58.0 Å². The van der Waals surface area contributed by atoms with Gasteiger partial charge in [0.05, 0.1) is 0 Å². The van der Waals surface area contributed by atoms with Crippen molar-refractivity contribution < 1.29 is 0 Å². The molecule has 0 radical (unpaired) electrons. The summed E-state index contributed by atoms with van der Waals surface area (Å²) in [6.07, 6.45) is 10.1. The number of nitrogens with zero attached hydrogens (tertiary/aromatic N) is 1. The van der Waals surface area contributed by atoms with Crippen LogP contribution in [0.2, 0.25) is 0 Å². The normalized spacial score (nSPS) is 30.7. The minimum Gasteiger partial charge on any atom is -0.313 e. The lowest BCUT2D eigenvalue weighted by molar-refractivity contribution is 0.122. The molecule has 1 aliphatic carbocycles. The van der Waals surface area contributed by atoms with Gasteiger partial charge in [-0.25, -0.2) is 0 Å². The Hall–Kier alpha value is -0.0800. The van der Waals surface area contributed by atoms with E-state index >= 15 is 0 Å². The first-order valence-electron chi connectivity index (χ1n) is 8.21. The third kappa shape index (κ3) is 3.48. The SMILES string of the molecule is CCCC(CNC(C)C)N1CCC2CCCCC21. The van der Waals surface area contributed by atoms with E-state index < -0.39 is 0 Å². The smallest absolute Gasteiger partial charge is 0.0223 e. The van der Waals surface area contributed by atoms with E-state index in [0.29, 0.717) is 6.04 Å². The molecule has 1 heterocycles. The van der Waals surface area contributed by atoms with Crippen LogP contribution in [0.1, 0.15) is 65.7 Å². The van der Waals surface area contributed by atoms with Crippen molar-refractivity contribution in [3.05, 3.63) is 0 Å². The molecule has 3 atom stereocenters. The highest BCUT2D eigenvalue weighted by Crippen LogP contribution is 2.37. The number of hydrogen-bond donors (Lipinski definition) is 1. The fraction of sp³-hybridized carbons (Fsp3) is 1.00. The first-order valence-corrected chi connectivity index (χ1v) is 8.21. The summed E-state index contributed by atoms with van der Waals surface area (Å²) in [5.41, 5.74) is 0. The van der Waals surface area contributed by atoms with Crippen LogP contribution in [0, 0.1) is 5.92 Å². The Bertz CT molecular complexity index is 239. The van der Waals surface area contributed by atoms with Gasteiger partial charge in [-0.3, -0.25) is 4.90 Å². The molecule has 1 N–H and O–H groups in total. The molecule has 0 bridgehead atoms. The largest absolute Gasteiger partial charge is 0.313 e. The average Bonchev–Trinajstić information content (AvgIpc) is 2.78. The molecule has 0 amide bonds. The topological polar surface area (TPSA) is 15.3 Å². The van der Waals surface area contributed by atoms with Gasteiger partial charge in [-0.1, -0.05) is 40.0 Å². The van der Waals surface area contributed by atoms with Crippen molar-refractivity contribution in [1.29, 1.82) is 0 Å². The summed E-state index contributed by atoms with van der Waals surface area (Å²) >= 11 is 0. The second-order valence-electron chi connectivity index (χ2n) is 6.64. The number of likely N-dealkylation sites (tertiary alicyclic amines) is 1. The van der Waals surface area contributed by atoms with Gasteiger partial charge in [0, 0.05) is 24.7 Å². The third-order valence-electron chi connectivity index (χ3n) is 4.91. The standard InChI is InChI=1S/C16H32N2/c1-4-7-15(12-17-13(2)3)18-11-10-14-8-5-6-9-16(14)18/h13-17H,4-12H2,1-3H3. The lowest BCUT2D eigenvalue weighted by Crippen LogP contribution is -2.47. The highest BCUT2D eigenvalue weighted by Gasteiger charge is 2.38. The molecule has 106 valence electrons. The van der Waals surface area contributed by atoms with Crippen molar-refractivity contribution in [3.63, 3.8) is 0 Å². The maximum atomic E-state index is 3.66. The minimum atomic E-state index is 0.620. The highest BCUT2D eigenvalue weighted by atomic mass is 15.2. The van der Waals surface area contributed by atoms with Crippen molar-refractivity contribution in [2.75, 3.05) is 13.1 Å². The first kappa shape index (κ1) is 14.3. The molecule has 3 unspecified atom stereocenters. The fourth-order valence-corrected chi connectivity index (χ4v) is 3.99. The molecule has 0 aromatic rings. The van der Waals surface area contributed by atoms with E-state index in [1.807, 2.05) is 0 Å². The van der Waals surface area contributed by atoms with Gasteiger partial charge in [0.25, 0.3) is 0 Å². The van der Waals surface area contributed by atoms with Crippen LogP contribution in [-0.4, -0.2) is 36.1 Å². The van der Waals surface area contributed by atoms with Crippen LogP contribution in [0.5, 0.6) is 0 Å². The summed E-state index contributed by atoms with van der Waals surface area (Å²) in [6, 6.07) is 2.32. The van der Waals surface area contributed by atoms with E-state index in [2.05, 4.69) is 31.0 Å². The zero-order valence-electron chi connectivity index (χ0n) is 12.6. The van der Waals surface area contributed by atoms with Crippen molar-refractivity contribution >= 4 is 0 Å². The van der Waals surface area contributed by atoms with Gasteiger partial charge in [0.2, 0.25) is 0 Å². The Labute approximate surface area is 114 Å². The summed E-state index contributed by atoms with van der Waals surface area (Å²) in [7, 11) is 0. The maximum Gasteiger partial charge on any atom is 0.0223 e. The lowest BCUT2D eigenvalue weighted by Gasteiger charge is -2.37. The van der Waals surface area contributed by atoms with Crippen LogP contribution in [-0.2, 0) is 0 Å². The van der Waals surface area contributed by atoms with Gasteiger partial charge in [0.1, 0.15) is 0 Å². The Morgan fingerprint density at radius 3 is 2.67 bits per heavy atom. The summed E-state index contributed by atoms with van der Waals surface area (Å²) < 4.78 is 0. The molecule has 1 saturated carbocycles. The molecule has 0 aromatic heterocycles. The Balaban J connectivity index is 1.92. The molecule has 0 spiro atoms. The zero-order valence-corrected chi connectivity index (χ0v) is 12.6. The molecule has 2 nitrogen and oxygen atoms in total. The van der Waals surface area contributed by atoms with Crippen LogP contribution in [0.3, 0.4) is 0 Å². The Morgan fingerprint density at radius 1 is 1.17 bits per heavy atom. The van der Waals surface area contributed by atoms with Crippen LogP contribution in [0.4, 0.5) is 0 Å². The summed E-state index contributed by atoms with van der Waals surface area (Å²) in [6.45, 7) is 9.40. The Kier molecular flexibility index (Phi) is 5.50. The quantitative estimate of drug-likeness (QED) is 0.779. The van der Waals surface area contributed by atoms with Gasteiger partial charge >= 0.3 is 0 Å². The molecular weight excluding hydrogens is 220 g/mol. The maximum absolute atomic E-state index is 3.66. The molecule has 18 heavy (non-hydrogen) atoms. The summed E-state index contributed by atoms with van der Waals surface area (Å²) in [4.78, 5) is 2.86. The van der Waals surface area contributed by atoms with Gasteiger partial charge in [0.15, 0.2) is 0 Å². The molecule has 1 saturated heterocycles. The fourth-order valence-electron chi connectivity index (χ4n) is 3.99. The minimum absolute atomic E-state index is 0.620. The van der Waals surface area contributed by atoms with Crippen LogP contribution >= 0.6 is 0 Å². The summed E-state index contributed by atoms with van der Waals surface area (Å²) in [5.74, 6) is 1.03. The van der Waals surface area contributed by atoms with Crippen LogP contribution in [0.25, 0.3) is 0 Å². The van der Waals surface area contributed by atoms with Crippen molar-refractivity contribution in [2.45, 2.75) is 83.8 Å². The van der Waals surface area contributed by atoms with Crippen molar-refractivity contribution in [1.82, 2.24) is 10.2 Å². The zero-order chi connectivity index (χ0) is 13.0. The number of rotatable bonds is 6. The van der Waals surface area contributed by atoms with Crippen molar-refractivity contribution in [3.8, 4) is 0 Å². The van der Waals surface area contributed by atoms with E-state index in [9.17, 15) is 0 Å². The molecule has 0 aromatic carbocycles. The lowest BCUT2D eigenvalue weighted by atomic mass is 9.85. The van der Waals surface area contributed by atoms with E-state index in [1.54, 1.807) is 0 Å². The monoisotopic (exact) mass is 252 g/mol. The predicted octanol–water partition coefficient (Wildman–Crippen LogP) is 3.42. The Morgan fingerprint density at radius 2 is 1.94 bits per heavy atom. The first-order chi connectivity index (χ1) is 8.72. The van der Waals surface area contributed by atoms with Crippen molar-refractivity contribution in [2.24, 2.45) is 5.92 Å². The van der Waals surface area contributed by atoms with E-state index in [0.717, 1.165) is 18.0 Å². The number of fused-ring (bicyclic) bond motifs is 1. The average molecular weight is 252 g/mol. The number of hydrogen-bond acceptors (Lipinski definition) is 2. The summed E-state index contributed by atoms with van der Waals surface area (Å²) in [5, 5.41) is 3.66. The molecule has 2 fully saturated rings. The van der Waals surface area contributed by atoms with E-state index in [4.69, 9.17) is 0 Å². The molecule has 2 heteroatoms. The highest BCUT2D eigenvalue weighted by molar-refractivity contribution is 4.93. The van der Waals surface area contributed by atoms with Gasteiger partial charge in [-0.15, -0.1) is 0 Å². The van der Waals surface area contributed by atoms with E-state index in [-0.39, 0.29) is 0 Å². The third-order valence-corrected chi connectivity index (χ3v) is 4.91. The van der Waals surface area contributed by atoms with Gasteiger partial charge in [-0.2, -0.15) is 0 Å². The van der Waals surface area contributed by atoms with Crippen LogP contribution in [0.15, 0.2) is 0 Å². The predicted molar refractivity (Wildman–Crippen MR) is 78.9 cm³/mol. The molecule has 1 aliphatic heterocycles. The van der Waals surface area contributed by atoms with Gasteiger partial charge < -0.3 is 5.32 Å². The van der Waals surface area contributed by atoms with Gasteiger partial charge in [-0.05, 0) is 38.1 Å². The van der Waals surface area contributed by atoms with Crippen LogP contribution < -0.4 is 5.32 Å².